The number of amides is 1. The van der Waals surface area contributed by atoms with Crippen LogP contribution < -0.4 is 10.1 Å². The summed E-state index contributed by atoms with van der Waals surface area (Å²) in [6.07, 6.45) is 0. The van der Waals surface area contributed by atoms with E-state index in [9.17, 15) is 4.79 Å². The van der Waals surface area contributed by atoms with Gasteiger partial charge < -0.3 is 4.74 Å². The Morgan fingerprint density at radius 1 is 0.906 bits per heavy atom. The molecule has 0 bridgehead atoms. The fourth-order valence-corrected chi connectivity index (χ4v) is 4.14. The highest BCUT2D eigenvalue weighted by Gasteiger charge is 2.31. The zero-order valence-electron chi connectivity index (χ0n) is 19.1. The summed E-state index contributed by atoms with van der Waals surface area (Å²) in [5.74, 6) is 0.422. The molecular formula is C27H28N2O2S. The summed E-state index contributed by atoms with van der Waals surface area (Å²) >= 11 is 1.41. The molecule has 32 heavy (non-hydrogen) atoms. The number of fused-ring (bicyclic) bond motifs is 1. The first-order chi connectivity index (χ1) is 15.1. The minimum absolute atomic E-state index is 0.0685. The van der Waals surface area contributed by atoms with Crippen LogP contribution in [0, 0.1) is 0 Å². The van der Waals surface area contributed by atoms with E-state index >= 15 is 0 Å². The van der Waals surface area contributed by atoms with Gasteiger partial charge in [-0.1, -0.05) is 69.3 Å². The molecule has 0 atom stereocenters. The van der Waals surface area contributed by atoms with Crippen molar-refractivity contribution in [1.29, 1.82) is 0 Å². The minimum atomic E-state index is -1.04. The van der Waals surface area contributed by atoms with Gasteiger partial charge in [0.2, 0.25) is 0 Å². The molecule has 0 aliphatic rings. The molecule has 1 amide bonds. The number of nitrogens with one attached hydrogen (secondary N) is 1. The second-order valence-electron chi connectivity index (χ2n) is 9.44. The molecule has 1 heterocycles. The maximum Gasteiger partial charge on any atom is 0.269 e. The van der Waals surface area contributed by atoms with E-state index in [4.69, 9.17) is 4.74 Å². The smallest absolute Gasteiger partial charge is 0.269 e. The number of nitrogens with zero attached hydrogens (tertiary/aromatic N) is 1. The lowest BCUT2D eigenvalue weighted by molar-refractivity contribution is -0.128. The lowest BCUT2D eigenvalue weighted by Crippen LogP contribution is -2.42. The third kappa shape index (κ3) is 4.83. The van der Waals surface area contributed by atoms with Gasteiger partial charge >= 0.3 is 0 Å². The zero-order chi connectivity index (χ0) is 22.9. The van der Waals surface area contributed by atoms with Gasteiger partial charge in [-0.25, -0.2) is 4.98 Å². The number of benzene rings is 3. The summed E-state index contributed by atoms with van der Waals surface area (Å²) in [5.41, 5.74) is 2.11. The van der Waals surface area contributed by atoms with E-state index in [1.165, 1.54) is 22.3 Å². The maximum absolute atomic E-state index is 12.9. The van der Waals surface area contributed by atoms with Crippen LogP contribution in [0.3, 0.4) is 0 Å². The first kappa shape index (κ1) is 22.0. The van der Waals surface area contributed by atoms with Gasteiger partial charge in [0.1, 0.15) is 5.75 Å². The van der Waals surface area contributed by atoms with Crippen molar-refractivity contribution in [3.05, 3.63) is 77.7 Å². The molecule has 0 aliphatic heterocycles. The Morgan fingerprint density at radius 2 is 1.59 bits per heavy atom. The number of anilines is 1. The lowest BCUT2D eigenvalue weighted by Gasteiger charge is -2.25. The van der Waals surface area contributed by atoms with Crippen molar-refractivity contribution < 1.29 is 9.53 Å². The SMILES string of the molecule is CC(C)(Oc1ccc(C(C)(C)C)cc1)C(=O)Nc1nc(-c2ccc3ccccc3c2)cs1. The van der Waals surface area contributed by atoms with Crippen LogP contribution in [0.15, 0.2) is 72.1 Å². The molecule has 4 nitrogen and oxygen atoms in total. The molecule has 3 aromatic carbocycles. The van der Waals surface area contributed by atoms with Crippen molar-refractivity contribution in [2.75, 3.05) is 5.32 Å². The van der Waals surface area contributed by atoms with Crippen molar-refractivity contribution in [3.8, 4) is 17.0 Å². The fraction of sp³-hybridized carbons (Fsp3) is 0.259. The van der Waals surface area contributed by atoms with Crippen LogP contribution >= 0.6 is 11.3 Å². The molecule has 0 saturated carbocycles. The number of carbonyl (C=O) groups excluding carboxylic acids is 1. The monoisotopic (exact) mass is 444 g/mol. The molecule has 164 valence electrons. The quantitative estimate of drug-likeness (QED) is 0.358. The van der Waals surface area contributed by atoms with Crippen LogP contribution in [-0.4, -0.2) is 16.5 Å². The van der Waals surface area contributed by atoms with Crippen LogP contribution in [0.1, 0.15) is 40.2 Å². The number of carbonyl (C=O) groups is 1. The molecule has 5 heteroatoms. The molecule has 1 aromatic heterocycles. The van der Waals surface area contributed by atoms with Gasteiger partial charge in [-0.05, 0) is 53.8 Å². The predicted molar refractivity (Wildman–Crippen MR) is 134 cm³/mol. The average Bonchev–Trinajstić information content (AvgIpc) is 3.21. The highest BCUT2D eigenvalue weighted by atomic mass is 32.1. The second kappa shape index (κ2) is 8.40. The van der Waals surface area contributed by atoms with E-state index in [0.717, 1.165) is 16.6 Å². The van der Waals surface area contributed by atoms with E-state index in [-0.39, 0.29) is 11.3 Å². The van der Waals surface area contributed by atoms with E-state index in [1.807, 2.05) is 41.8 Å². The zero-order valence-corrected chi connectivity index (χ0v) is 19.9. The summed E-state index contributed by atoms with van der Waals surface area (Å²) in [6.45, 7) is 10.0. The molecule has 0 aliphatic carbocycles. The summed E-state index contributed by atoms with van der Waals surface area (Å²) in [7, 11) is 0. The standard InChI is InChI=1S/C27H28N2O2S/c1-26(2,3)21-12-14-22(15-13-21)31-27(4,5)24(30)29-25-28-23(17-32-25)20-11-10-18-8-6-7-9-19(18)16-20/h6-17H,1-5H3,(H,28,29,30). The Kier molecular flexibility index (Phi) is 5.78. The van der Waals surface area contributed by atoms with Gasteiger partial charge in [-0.15, -0.1) is 11.3 Å². The Bertz CT molecular complexity index is 1250. The van der Waals surface area contributed by atoms with Crippen molar-refractivity contribution in [1.82, 2.24) is 4.98 Å². The van der Waals surface area contributed by atoms with E-state index in [1.54, 1.807) is 13.8 Å². The van der Waals surface area contributed by atoms with Crippen LogP contribution in [0.4, 0.5) is 5.13 Å². The second-order valence-corrected chi connectivity index (χ2v) is 10.3. The summed E-state index contributed by atoms with van der Waals surface area (Å²) in [4.78, 5) is 17.5. The van der Waals surface area contributed by atoms with Crippen LogP contribution in [0.5, 0.6) is 5.75 Å². The van der Waals surface area contributed by atoms with Gasteiger partial charge in [0.05, 0.1) is 5.69 Å². The number of aromatic nitrogens is 1. The maximum atomic E-state index is 12.9. The lowest BCUT2D eigenvalue weighted by atomic mass is 9.87. The number of hydrogen-bond donors (Lipinski definition) is 1. The van der Waals surface area contributed by atoms with Crippen molar-refractivity contribution >= 4 is 33.1 Å². The highest BCUT2D eigenvalue weighted by molar-refractivity contribution is 7.14. The van der Waals surface area contributed by atoms with Crippen molar-refractivity contribution in [2.45, 2.75) is 45.6 Å². The molecule has 1 N–H and O–H groups in total. The van der Waals surface area contributed by atoms with Gasteiger partial charge in [-0.3, -0.25) is 10.1 Å². The topological polar surface area (TPSA) is 51.2 Å². The molecule has 0 spiro atoms. The number of thiazole rings is 1. The van der Waals surface area contributed by atoms with E-state index < -0.39 is 5.60 Å². The van der Waals surface area contributed by atoms with Gasteiger partial charge in [0.15, 0.2) is 10.7 Å². The minimum Gasteiger partial charge on any atom is -0.478 e. The summed E-state index contributed by atoms with van der Waals surface area (Å²) < 4.78 is 6.01. The molecule has 0 saturated heterocycles. The summed E-state index contributed by atoms with van der Waals surface area (Å²) in [6, 6.07) is 22.4. The Labute approximate surface area is 193 Å². The van der Waals surface area contributed by atoms with Crippen LogP contribution in [0.25, 0.3) is 22.0 Å². The Balaban J connectivity index is 1.45. The Morgan fingerprint density at radius 3 is 2.28 bits per heavy atom. The van der Waals surface area contributed by atoms with E-state index in [2.05, 4.69) is 61.4 Å². The number of rotatable bonds is 5. The van der Waals surface area contributed by atoms with Crippen molar-refractivity contribution in [3.63, 3.8) is 0 Å². The van der Waals surface area contributed by atoms with E-state index in [0.29, 0.717) is 10.9 Å². The largest absolute Gasteiger partial charge is 0.478 e. The van der Waals surface area contributed by atoms with Crippen LogP contribution in [-0.2, 0) is 10.2 Å². The molecule has 4 rings (SSSR count). The third-order valence-corrected chi connectivity index (χ3v) is 6.17. The molecule has 4 aromatic rings. The summed E-state index contributed by atoms with van der Waals surface area (Å²) in [5, 5.41) is 7.77. The molecule has 0 radical (unpaired) electrons. The molecular weight excluding hydrogens is 416 g/mol. The van der Waals surface area contributed by atoms with Gasteiger partial charge in [-0.2, -0.15) is 0 Å². The van der Waals surface area contributed by atoms with Crippen LogP contribution in [0.2, 0.25) is 0 Å². The molecule has 0 fully saturated rings. The van der Waals surface area contributed by atoms with Gasteiger partial charge in [0.25, 0.3) is 5.91 Å². The van der Waals surface area contributed by atoms with Crippen molar-refractivity contribution in [2.24, 2.45) is 0 Å². The Hall–Kier alpha value is -3.18. The molecule has 0 unspecified atom stereocenters. The first-order valence-electron chi connectivity index (χ1n) is 10.7. The normalized spacial score (nSPS) is 12.0. The predicted octanol–water partition coefficient (Wildman–Crippen LogP) is 7.06. The highest BCUT2D eigenvalue weighted by Crippen LogP contribution is 2.29. The third-order valence-electron chi connectivity index (χ3n) is 5.41. The fourth-order valence-electron chi connectivity index (χ4n) is 3.42. The first-order valence-corrected chi connectivity index (χ1v) is 11.6. The average molecular weight is 445 g/mol. The number of ether oxygens (including phenoxy) is 1. The van der Waals surface area contributed by atoms with Gasteiger partial charge in [0, 0.05) is 10.9 Å². The number of hydrogen-bond acceptors (Lipinski definition) is 4.